The molecule has 0 fully saturated rings. The molecule has 0 radical (unpaired) electrons. The number of hydrogen-bond donors (Lipinski definition) is 1. The number of methoxy groups -OCH3 is 1. The molecule has 184 valence electrons. The molecule has 0 bridgehead atoms. The van der Waals surface area contributed by atoms with E-state index < -0.39 is 23.2 Å². The molecule has 1 atom stereocenters. The first-order valence-electron chi connectivity index (χ1n) is 12.1. The molecule has 6 rings (SSSR count). The first-order valence-corrected chi connectivity index (χ1v) is 12.1. The van der Waals surface area contributed by atoms with E-state index in [1.807, 2.05) is 86.6 Å². The van der Waals surface area contributed by atoms with Crippen molar-refractivity contribution in [1.29, 1.82) is 0 Å². The zero-order valence-electron chi connectivity index (χ0n) is 20.7. The number of carbonyl (C=O) groups is 2. The Balaban J connectivity index is 1.46. The number of Topliss-reactive ketones (excluding diaryl/α,β-unsaturated/α-hetero) is 2. The van der Waals surface area contributed by atoms with Crippen LogP contribution in [-0.2, 0) is 9.53 Å². The van der Waals surface area contributed by atoms with Gasteiger partial charge in [0.2, 0.25) is 11.6 Å². The van der Waals surface area contributed by atoms with Crippen molar-refractivity contribution in [1.82, 2.24) is 9.78 Å². The third-order valence-electron chi connectivity index (χ3n) is 6.85. The summed E-state index contributed by atoms with van der Waals surface area (Å²) < 4.78 is 13.4. The first kappa shape index (κ1) is 22.8. The molecule has 7 heteroatoms. The summed E-state index contributed by atoms with van der Waals surface area (Å²) in [6, 6.07) is 25.9. The molecule has 2 aliphatic rings. The summed E-state index contributed by atoms with van der Waals surface area (Å²) in [6.07, 6.45) is 0. The van der Waals surface area contributed by atoms with Crippen LogP contribution in [0.15, 0.2) is 90.5 Å². The van der Waals surface area contributed by atoms with Gasteiger partial charge in [0.05, 0.1) is 30.1 Å². The third-order valence-corrected chi connectivity index (χ3v) is 6.85. The highest BCUT2D eigenvalue weighted by atomic mass is 16.5. The number of aromatic nitrogens is 2. The van der Waals surface area contributed by atoms with E-state index in [2.05, 4.69) is 5.32 Å². The average Bonchev–Trinajstić information content (AvgIpc) is 3.46. The van der Waals surface area contributed by atoms with Gasteiger partial charge in [-0.3, -0.25) is 9.59 Å². The molecule has 4 aromatic rings. The lowest BCUT2D eigenvalue weighted by molar-refractivity contribution is -0.112. The Labute approximate surface area is 214 Å². The summed E-state index contributed by atoms with van der Waals surface area (Å²) in [4.78, 5) is 26.3. The zero-order chi connectivity index (χ0) is 25.7. The van der Waals surface area contributed by atoms with Crippen LogP contribution in [0.2, 0.25) is 0 Å². The number of nitrogens with one attached hydrogen (secondary N) is 1. The fraction of sp³-hybridized carbons (Fsp3) is 0.167. The van der Waals surface area contributed by atoms with Gasteiger partial charge in [-0.05, 0) is 50.2 Å². The Morgan fingerprint density at radius 2 is 1.57 bits per heavy atom. The molecule has 0 amide bonds. The quantitative estimate of drug-likeness (QED) is 0.381. The highest BCUT2D eigenvalue weighted by molar-refractivity contribution is 6.52. The third kappa shape index (κ3) is 3.71. The fourth-order valence-electron chi connectivity index (χ4n) is 4.96. The van der Waals surface area contributed by atoms with Crippen molar-refractivity contribution < 1.29 is 19.1 Å². The number of hydrogen-bond acceptors (Lipinski definition) is 6. The maximum atomic E-state index is 13.3. The van der Waals surface area contributed by atoms with Crippen molar-refractivity contribution >= 4 is 23.1 Å². The second-order valence-corrected chi connectivity index (χ2v) is 9.62. The SMILES string of the molecule is COc1ccc(-c2cc(NC3C4=C(OC3(C)C)c3ccccc3C(=O)C4=O)n(-c3ccccc3)n2)cc1. The molecule has 1 aromatic heterocycles. The second-order valence-electron chi connectivity index (χ2n) is 9.62. The highest BCUT2D eigenvalue weighted by Gasteiger charge is 2.51. The van der Waals surface area contributed by atoms with Crippen LogP contribution in [0.25, 0.3) is 22.7 Å². The Kier molecular flexibility index (Phi) is 5.22. The molecule has 7 nitrogen and oxygen atoms in total. The smallest absolute Gasteiger partial charge is 0.235 e. The molecule has 2 heterocycles. The molecule has 1 N–H and O–H groups in total. The minimum Gasteiger partial charge on any atom is -0.497 e. The zero-order valence-corrected chi connectivity index (χ0v) is 20.7. The lowest BCUT2D eigenvalue weighted by Gasteiger charge is -2.29. The van der Waals surface area contributed by atoms with Crippen LogP contribution < -0.4 is 10.1 Å². The maximum Gasteiger partial charge on any atom is 0.235 e. The normalized spacial score (nSPS) is 17.8. The van der Waals surface area contributed by atoms with Crippen LogP contribution in [0.5, 0.6) is 5.75 Å². The molecule has 0 spiro atoms. The number of fused-ring (bicyclic) bond motifs is 2. The number of ether oxygens (including phenoxy) is 2. The summed E-state index contributed by atoms with van der Waals surface area (Å²) in [7, 11) is 1.63. The van der Waals surface area contributed by atoms with Gasteiger partial charge < -0.3 is 14.8 Å². The molecular formula is C30H25N3O4. The van der Waals surface area contributed by atoms with E-state index in [1.165, 1.54) is 0 Å². The number of anilines is 1. The molecule has 3 aromatic carbocycles. The molecule has 1 aliphatic heterocycles. The standard InChI is InChI=1S/C30H25N3O4/c1-30(2)29(25-27(35)26(34)21-11-7-8-12-22(21)28(25)37-30)31-24-17-23(18-13-15-20(36-3)16-14-18)32-33(24)19-9-5-4-6-10-19/h4-17,29,31H,1-3H3. The van der Waals surface area contributed by atoms with E-state index in [-0.39, 0.29) is 0 Å². The summed E-state index contributed by atoms with van der Waals surface area (Å²) in [5.74, 6) is 0.834. The van der Waals surface area contributed by atoms with Crippen LogP contribution in [0.4, 0.5) is 5.82 Å². The predicted molar refractivity (Wildman–Crippen MR) is 141 cm³/mol. The van der Waals surface area contributed by atoms with E-state index in [9.17, 15) is 9.59 Å². The van der Waals surface area contributed by atoms with Gasteiger partial charge in [-0.2, -0.15) is 5.10 Å². The van der Waals surface area contributed by atoms with Crippen molar-refractivity contribution in [3.05, 3.63) is 102 Å². The fourth-order valence-corrected chi connectivity index (χ4v) is 4.96. The second kappa shape index (κ2) is 8.48. The summed E-state index contributed by atoms with van der Waals surface area (Å²) >= 11 is 0. The number of nitrogens with zero attached hydrogens (tertiary/aromatic N) is 2. The molecule has 1 aliphatic carbocycles. The minimum absolute atomic E-state index is 0.348. The predicted octanol–water partition coefficient (Wildman–Crippen LogP) is 5.31. The number of rotatable bonds is 5. The van der Waals surface area contributed by atoms with Crippen molar-refractivity contribution in [3.8, 4) is 22.7 Å². The van der Waals surface area contributed by atoms with Gasteiger partial charge in [-0.15, -0.1) is 0 Å². The van der Waals surface area contributed by atoms with Gasteiger partial charge in [0.1, 0.15) is 22.9 Å². The van der Waals surface area contributed by atoms with Gasteiger partial charge in [0, 0.05) is 22.8 Å². The lowest BCUT2D eigenvalue weighted by Crippen LogP contribution is -2.43. The van der Waals surface area contributed by atoms with E-state index in [0.717, 1.165) is 22.7 Å². The molecular weight excluding hydrogens is 466 g/mol. The maximum absolute atomic E-state index is 13.3. The molecule has 0 saturated carbocycles. The lowest BCUT2D eigenvalue weighted by atomic mass is 9.83. The molecule has 0 saturated heterocycles. The Morgan fingerprint density at radius 1 is 0.892 bits per heavy atom. The number of benzene rings is 3. The van der Waals surface area contributed by atoms with Gasteiger partial charge in [-0.1, -0.05) is 42.5 Å². The highest BCUT2D eigenvalue weighted by Crippen LogP contribution is 2.45. The van der Waals surface area contributed by atoms with Gasteiger partial charge in [-0.25, -0.2) is 4.68 Å². The largest absolute Gasteiger partial charge is 0.497 e. The van der Waals surface area contributed by atoms with Crippen LogP contribution in [0, 0.1) is 0 Å². The van der Waals surface area contributed by atoms with Gasteiger partial charge in [0.15, 0.2) is 0 Å². The van der Waals surface area contributed by atoms with Crippen molar-refractivity contribution in [2.24, 2.45) is 0 Å². The minimum atomic E-state index is -0.801. The van der Waals surface area contributed by atoms with E-state index in [1.54, 1.807) is 23.9 Å². The summed E-state index contributed by atoms with van der Waals surface area (Å²) in [5, 5.41) is 8.39. The monoisotopic (exact) mass is 491 g/mol. The van der Waals surface area contributed by atoms with Crippen LogP contribution in [-0.4, -0.2) is 40.1 Å². The molecule has 37 heavy (non-hydrogen) atoms. The van der Waals surface area contributed by atoms with E-state index in [4.69, 9.17) is 14.6 Å². The Hall–Kier alpha value is -4.65. The van der Waals surface area contributed by atoms with Crippen molar-refractivity contribution in [3.63, 3.8) is 0 Å². The number of ketones is 2. The van der Waals surface area contributed by atoms with Crippen LogP contribution in [0.3, 0.4) is 0 Å². The van der Waals surface area contributed by atoms with Crippen molar-refractivity contribution in [2.75, 3.05) is 12.4 Å². The Morgan fingerprint density at radius 3 is 2.27 bits per heavy atom. The summed E-state index contributed by atoms with van der Waals surface area (Å²) in [5.41, 5.74) is 3.08. The van der Waals surface area contributed by atoms with Crippen LogP contribution >= 0.6 is 0 Å². The van der Waals surface area contributed by atoms with Crippen LogP contribution in [0.1, 0.15) is 29.8 Å². The van der Waals surface area contributed by atoms with E-state index >= 15 is 0 Å². The first-order chi connectivity index (χ1) is 17.9. The van der Waals surface area contributed by atoms with Gasteiger partial charge in [0.25, 0.3) is 0 Å². The Bertz CT molecular complexity index is 1570. The molecule has 1 unspecified atom stereocenters. The van der Waals surface area contributed by atoms with Crippen molar-refractivity contribution in [2.45, 2.75) is 25.5 Å². The topological polar surface area (TPSA) is 82.5 Å². The number of carbonyl (C=O) groups excluding carboxylic acids is 2. The van der Waals surface area contributed by atoms with E-state index in [0.29, 0.717) is 28.3 Å². The number of para-hydroxylation sites is 1. The average molecular weight is 492 g/mol. The van der Waals surface area contributed by atoms with Gasteiger partial charge >= 0.3 is 0 Å². The summed E-state index contributed by atoms with van der Waals surface area (Å²) in [6.45, 7) is 3.83.